The van der Waals surface area contributed by atoms with E-state index in [4.69, 9.17) is 0 Å². The van der Waals surface area contributed by atoms with Crippen molar-refractivity contribution in [1.82, 2.24) is 9.97 Å². The Hall–Kier alpha value is -1.16. The van der Waals surface area contributed by atoms with Gasteiger partial charge < -0.3 is 10.4 Å². The second kappa shape index (κ2) is 5.25. The molecule has 0 aliphatic heterocycles. The van der Waals surface area contributed by atoms with Gasteiger partial charge in [-0.15, -0.1) is 0 Å². The zero-order valence-corrected chi connectivity index (χ0v) is 9.74. The molecule has 1 aromatic rings. The highest BCUT2D eigenvalue weighted by Gasteiger charge is 2.15. The summed E-state index contributed by atoms with van der Waals surface area (Å²) < 4.78 is 0. The third kappa shape index (κ3) is 2.70. The third-order valence-electron chi connectivity index (χ3n) is 3.10. The van der Waals surface area contributed by atoms with Crippen molar-refractivity contribution in [2.75, 3.05) is 5.32 Å². The number of aliphatic hydroxyl groups is 1. The molecule has 1 heterocycles. The molecule has 0 bridgehead atoms. The van der Waals surface area contributed by atoms with E-state index in [-0.39, 0.29) is 6.61 Å². The van der Waals surface area contributed by atoms with Crippen LogP contribution in [0, 0.1) is 6.92 Å². The second-order valence-corrected chi connectivity index (χ2v) is 4.43. The molecule has 1 aromatic heterocycles. The summed E-state index contributed by atoms with van der Waals surface area (Å²) in [5.74, 6) is 1.55. The van der Waals surface area contributed by atoms with Gasteiger partial charge in [-0.25, -0.2) is 9.97 Å². The number of aryl methyl sites for hydroxylation is 1. The lowest BCUT2D eigenvalue weighted by atomic mass is 9.95. The first-order valence-electron chi connectivity index (χ1n) is 5.99. The van der Waals surface area contributed by atoms with Crippen LogP contribution in [0.2, 0.25) is 0 Å². The van der Waals surface area contributed by atoms with Gasteiger partial charge in [0.15, 0.2) is 0 Å². The summed E-state index contributed by atoms with van der Waals surface area (Å²) in [6.07, 6.45) is 8.02. The maximum absolute atomic E-state index is 9.22. The zero-order chi connectivity index (χ0) is 11.4. The summed E-state index contributed by atoms with van der Waals surface area (Å²) in [6, 6.07) is 0.508. The standard InChI is InChI=1S/C12H19N3O/c1-9-13-7-10(8-16)12(14-9)15-11-5-3-2-4-6-11/h7,11,16H,2-6,8H2,1H3,(H,13,14,15). The van der Waals surface area contributed by atoms with Gasteiger partial charge in [-0.3, -0.25) is 0 Å². The lowest BCUT2D eigenvalue weighted by Crippen LogP contribution is -2.24. The highest BCUT2D eigenvalue weighted by molar-refractivity contribution is 5.43. The Morgan fingerprint density at radius 1 is 1.38 bits per heavy atom. The molecule has 1 saturated carbocycles. The van der Waals surface area contributed by atoms with Gasteiger partial charge in [-0.05, 0) is 19.8 Å². The highest BCUT2D eigenvalue weighted by Crippen LogP contribution is 2.22. The molecule has 0 spiro atoms. The number of aromatic nitrogens is 2. The predicted molar refractivity (Wildman–Crippen MR) is 63.2 cm³/mol. The fourth-order valence-electron chi connectivity index (χ4n) is 2.18. The van der Waals surface area contributed by atoms with Crippen molar-refractivity contribution < 1.29 is 5.11 Å². The molecule has 4 nitrogen and oxygen atoms in total. The number of hydrogen-bond acceptors (Lipinski definition) is 4. The topological polar surface area (TPSA) is 58.0 Å². The second-order valence-electron chi connectivity index (χ2n) is 4.43. The summed E-state index contributed by atoms with van der Waals surface area (Å²) in [5.41, 5.74) is 0.788. The Labute approximate surface area is 96.1 Å². The van der Waals surface area contributed by atoms with Crippen molar-refractivity contribution in [1.29, 1.82) is 0 Å². The summed E-state index contributed by atoms with van der Waals surface area (Å²) in [7, 11) is 0. The van der Waals surface area contributed by atoms with Crippen molar-refractivity contribution in [2.24, 2.45) is 0 Å². The predicted octanol–water partition coefficient (Wildman–Crippen LogP) is 2.02. The smallest absolute Gasteiger partial charge is 0.135 e. The van der Waals surface area contributed by atoms with Gasteiger partial charge >= 0.3 is 0 Å². The minimum atomic E-state index is -0.00463. The maximum atomic E-state index is 9.22. The van der Waals surface area contributed by atoms with E-state index in [1.807, 2.05) is 6.92 Å². The lowest BCUT2D eigenvalue weighted by Gasteiger charge is -2.24. The SMILES string of the molecule is Cc1ncc(CO)c(NC2CCCCC2)n1. The van der Waals surface area contributed by atoms with Gasteiger partial charge in [0.1, 0.15) is 11.6 Å². The van der Waals surface area contributed by atoms with Crippen LogP contribution in [0.5, 0.6) is 0 Å². The molecule has 0 aromatic carbocycles. The molecule has 0 saturated heterocycles. The van der Waals surface area contributed by atoms with E-state index in [0.717, 1.165) is 17.2 Å². The van der Waals surface area contributed by atoms with E-state index >= 15 is 0 Å². The van der Waals surface area contributed by atoms with Gasteiger partial charge in [0, 0.05) is 17.8 Å². The summed E-state index contributed by atoms with van der Waals surface area (Å²) in [5, 5.41) is 12.6. The molecule has 4 heteroatoms. The largest absolute Gasteiger partial charge is 0.391 e. The molecule has 88 valence electrons. The first kappa shape index (κ1) is 11.3. The van der Waals surface area contributed by atoms with Crippen LogP contribution in [0.4, 0.5) is 5.82 Å². The molecular formula is C12H19N3O. The van der Waals surface area contributed by atoms with Crippen LogP contribution in [0.25, 0.3) is 0 Å². The Morgan fingerprint density at radius 2 is 2.12 bits per heavy atom. The number of nitrogens with one attached hydrogen (secondary N) is 1. The lowest BCUT2D eigenvalue weighted by molar-refractivity contribution is 0.281. The Bertz CT molecular complexity index is 348. The van der Waals surface area contributed by atoms with Gasteiger partial charge in [0.25, 0.3) is 0 Å². The van der Waals surface area contributed by atoms with Crippen LogP contribution in [-0.4, -0.2) is 21.1 Å². The normalized spacial score (nSPS) is 17.4. The molecule has 0 amide bonds. The van der Waals surface area contributed by atoms with Crippen molar-refractivity contribution in [3.05, 3.63) is 17.6 Å². The van der Waals surface area contributed by atoms with E-state index in [1.165, 1.54) is 32.1 Å². The average molecular weight is 221 g/mol. The van der Waals surface area contributed by atoms with Crippen LogP contribution in [0.1, 0.15) is 43.5 Å². The first-order valence-corrected chi connectivity index (χ1v) is 5.99. The van der Waals surface area contributed by atoms with Gasteiger partial charge in [-0.2, -0.15) is 0 Å². The van der Waals surface area contributed by atoms with E-state index in [2.05, 4.69) is 15.3 Å². The maximum Gasteiger partial charge on any atom is 0.135 e. The van der Waals surface area contributed by atoms with Crippen molar-refractivity contribution in [3.8, 4) is 0 Å². The van der Waals surface area contributed by atoms with Gasteiger partial charge in [0.05, 0.1) is 6.61 Å². The number of aliphatic hydroxyl groups excluding tert-OH is 1. The monoisotopic (exact) mass is 221 g/mol. The summed E-state index contributed by atoms with van der Waals surface area (Å²) >= 11 is 0. The van der Waals surface area contributed by atoms with Crippen LogP contribution >= 0.6 is 0 Å². The molecule has 0 unspecified atom stereocenters. The van der Waals surface area contributed by atoms with Crippen LogP contribution in [0.15, 0.2) is 6.20 Å². The highest BCUT2D eigenvalue weighted by atomic mass is 16.3. The third-order valence-corrected chi connectivity index (χ3v) is 3.10. The molecule has 1 fully saturated rings. The first-order chi connectivity index (χ1) is 7.79. The van der Waals surface area contributed by atoms with Crippen LogP contribution in [-0.2, 0) is 6.61 Å². The quantitative estimate of drug-likeness (QED) is 0.820. The molecule has 2 N–H and O–H groups in total. The summed E-state index contributed by atoms with van der Waals surface area (Å²) in [4.78, 5) is 8.45. The van der Waals surface area contributed by atoms with Crippen molar-refractivity contribution in [3.63, 3.8) is 0 Å². The van der Waals surface area contributed by atoms with Crippen LogP contribution in [0.3, 0.4) is 0 Å². The van der Waals surface area contributed by atoms with Crippen LogP contribution < -0.4 is 5.32 Å². The van der Waals surface area contributed by atoms with Gasteiger partial charge in [0.2, 0.25) is 0 Å². The molecule has 1 aliphatic carbocycles. The molecular weight excluding hydrogens is 202 g/mol. The van der Waals surface area contributed by atoms with E-state index in [9.17, 15) is 5.11 Å². The van der Waals surface area contributed by atoms with E-state index in [0.29, 0.717) is 6.04 Å². The average Bonchev–Trinajstić information content (AvgIpc) is 2.31. The minimum Gasteiger partial charge on any atom is -0.391 e. The molecule has 0 atom stereocenters. The number of hydrogen-bond donors (Lipinski definition) is 2. The summed E-state index contributed by atoms with van der Waals surface area (Å²) in [6.45, 7) is 1.86. The zero-order valence-electron chi connectivity index (χ0n) is 9.74. The molecule has 0 radical (unpaired) electrons. The fraction of sp³-hybridized carbons (Fsp3) is 0.667. The van der Waals surface area contributed by atoms with Crippen molar-refractivity contribution >= 4 is 5.82 Å². The van der Waals surface area contributed by atoms with E-state index < -0.39 is 0 Å². The Morgan fingerprint density at radius 3 is 2.81 bits per heavy atom. The number of anilines is 1. The fourth-order valence-corrected chi connectivity index (χ4v) is 2.18. The molecule has 2 rings (SSSR count). The number of nitrogens with zero attached hydrogens (tertiary/aromatic N) is 2. The minimum absolute atomic E-state index is 0.00463. The Kier molecular flexibility index (Phi) is 3.72. The van der Waals surface area contributed by atoms with E-state index in [1.54, 1.807) is 6.20 Å². The Balaban J connectivity index is 2.09. The molecule has 1 aliphatic rings. The number of rotatable bonds is 3. The van der Waals surface area contributed by atoms with Gasteiger partial charge in [-0.1, -0.05) is 19.3 Å². The van der Waals surface area contributed by atoms with Crippen molar-refractivity contribution in [2.45, 2.75) is 51.7 Å². The molecule has 16 heavy (non-hydrogen) atoms.